The summed E-state index contributed by atoms with van der Waals surface area (Å²) in [7, 11) is 1.82. The number of fused-ring (bicyclic) bond motifs is 1. The highest BCUT2D eigenvalue weighted by Crippen LogP contribution is 2.20. The van der Waals surface area contributed by atoms with E-state index in [1.54, 1.807) is 15.6 Å². The Bertz CT molecular complexity index is 1260. The van der Waals surface area contributed by atoms with Crippen LogP contribution in [0.25, 0.3) is 11.5 Å². The van der Waals surface area contributed by atoms with Gasteiger partial charge in [-0.05, 0) is 62.6 Å². The van der Waals surface area contributed by atoms with Crippen LogP contribution in [0.5, 0.6) is 0 Å². The van der Waals surface area contributed by atoms with Gasteiger partial charge in [0.15, 0.2) is 11.5 Å². The van der Waals surface area contributed by atoms with E-state index >= 15 is 0 Å². The van der Waals surface area contributed by atoms with Crippen molar-refractivity contribution in [3.05, 3.63) is 75.8 Å². The molecule has 0 spiro atoms. The molecular formula is C23H25ClN6O. The van der Waals surface area contributed by atoms with Gasteiger partial charge in [-0.25, -0.2) is 14.2 Å². The molecule has 0 fully saturated rings. The number of amides is 1. The Labute approximate surface area is 186 Å². The number of aromatic nitrogens is 5. The molecule has 8 heteroatoms. The van der Waals surface area contributed by atoms with Gasteiger partial charge in [-0.15, -0.1) is 5.10 Å². The molecule has 160 valence electrons. The molecule has 0 radical (unpaired) electrons. The molecule has 3 aromatic heterocycles. The summed E-state index contributed by atoms with van der Waals surface area (Å²) in [6, 6.07) is 11.4. The highest BCUT2D eigenvalue weighted by Gasteiger charge is 2.17. The first-order valence-electron chi connectivity index (χ1n) is 10.2. The lowest BCUT2D eigenvalue weighted by Gasteiger charge is -2.17. The minimum Gasteiger partial charge on any atom is -0.341 e. The summed E-state index contributed by atoms with van der Waals surface area (Å²) < 4.78 is 3.64. The Morgan fingerprint density at radius 1 is 1.13 bits per heavy atom. The van der Waals surface area contributed by atoms with E-state index in [0.29, 0.717) is 24.4 Å². The molecule has 0 aliphatic carbocycles. The fraction of sp³-hybridized carbons (Fsp3) is 0.304. The zero-order valence-corrected chi connectivity index (χ0v) is 18.9. The molecule has 4 aromatic rings. The van der Waals surface area contributed by atoms with Crippen molar-refractivity contribution in [2.75, 3.05) is 7.05 Å². The van der Waals surface area contributed by atoms with Crippen LogP contribution in [-0.2, 0) is 17.8 Å². The normalized spacial score (nSPS) is 11.3. The summed E-state index contributed by atoms with van der Waals surface area (Å²) in [6.07, 6.45) is 2.84. The van der Waals surface area contributed by atoms with Crippen LogP contribution < -0.4 is 0 Å². The molecule has 0 bridgehead atoms. The van der Waals surface area contributed by atoms with Crippen LogP contribution in [0.15, 0.2) is 42.6 Å². The largest absolute Gasteiger partial charge is 0.341 e. The van der Waals surface area contributed by atoms with Crippen molar-refractivity contribution in [2.45, 2.75) is 40.2 Å². The smallest absolute Gasteiger partial charge is 0.222 e. The minimum absolute atomic E-state index is 0.0834. The van der Waals surface area contributed by atoms with E-state index in [9.17, 15) is 4.79 Å². The highest BCUT2D eigenvalue weighted by molar-refractivity contribution is 6.30. The maximum atomic E-state index is 12.7. The summed E-state index contributed by atoms with van der Waals surface area (Å²) >= 11 is 6.05. The van der Waals surface area contributed by atoms with Crippen LogP contribution in [0.1, 0.15) is 34.6 Å². The lowest BCUT2D eigenvalue weighted by Crippen LogP contribution is -2.26. The molecule has 0 unspecified atom stereocenters. The van der Waals surface area contributed by atoms with E-state index in [1.807, 2.05) is 68.9 Å². The number of rotatable bonds is 6. The fourth-order valence-corrected chi connectivity index (χ4v) is 3.98. The fourth-order valence-electron chi connectivity index (χ4n) is 3.77. The van der Waals surface area contributed by atoms with Gasteiger partial charge < -0.3 is 4.90 Å². The van der Waals surface area contributed by atoms with Crippen molar-refractivity contribution in [1.82, 2.24) is 29.3 Å². The SMILES string of the molecule is Cc1nn(-c2ccc3ncc(C)n3n2)c(C)c1CCC(=O)N(C)Cc1cccc(Cl)c1. The maximum Gasteiger partial charge on any atom is 0.222 e. The summed E-state index contributed by atoms with van der Waals surface area (Å²) in [6.45, 7) is 6.49. The number of carbonyl (C=O) groups excluding carboxylic acids is 1. The molecule has 0 N–H and O–H groups in total. The lowest BCUT2D eigenvalue weighted by atomic mass is 10.1. The highest BCUT2D eigenvalue weighted by atomic mass is 35.5. The van der Waals surface area contributed by atoms with Gasteiger partial charge in [0.05, 0.1) is 17.6 Å². The van der Waals surface area contributed by atoms with E-state index in [2.05, 4.69) is 15.2 Å². The third kappa shape index (κ3) is 4.32. The molecule has 1 amide bonds. The first-order chi connectivity index (χ1) is 14.8. The Kier molecular flexibility index (Phi) is 5.78. The minimum atomic E-state index is 0.0834. The molecule has 3 heterocycles. The standard InChI is InChI=1S/C23H25ClN6O/c1-15-13-25-21-9-10-22(27-29(15)21)30-17(3)20(16(2)26-30)8-11-23(31)28(4)14-18-6-5-7-19(24)12-18/h5-7,9-10,12-13H,8,11,14H2,1-4H3. The quantitative estimate of drug-likeness (QED) is 0.456. The third-order valence-electron chi connectivity index (χ3n) is 5.50. The number of carbonyl (C=O) groups is 1. The van der Waals surface area contributed by atoms with Crippen LogP contribution in [0.4, 0.5) is 0 Å². The zero-order valence-electron chi connectivity index (χ0n) is 18.1. The first-order valence-corrected chi connectivity index (χ1v) is 10.6. The number of hydrogen-bond donors (Lipinski definition) is 0. The van der Waals surface area contributed by atoms with E-state index < -0.39 is 0 Å². The molecule has 0 aliphatic heterocycles. The summed E-state index contributed by atoms with van der Waals surface area (Å²) in [5.74, 6) is 0.810. The average Bonchev–Trinajstić information content (AvgIpc) is 3.25. The van der Waals surface area contributed by atoms with Gasteiger partial charge in [0, 0.05) is 30.7 Å². The zero-order chi connectivity index (χ0) is 22.1. The Morgan fingerprint density at radius 3 is 2.71 bits per heavy atom. The summed E-state index contributed by atoms with van der Waals surface area (Å²) in [5, 5.41) is 10.0. The Balaban J connectivity index is 1.48. The van der Waals surface area contributed by atoms with Gasteiger partial charge in [-0.2, -0.15) is 5.10 Å². The van der Waals surface area contributed by atoms with Gasteiger partial charge in [-0.1, -0.05) is 23.7 Å². The molecule has 0 saturated carbocycles. The van der Waals surface area contributed by atoms with Crippen LogP contribution >= 0.6 is 11.6 Å². The molecule has 0 atom stereocenters. The van der Waals surface area contributed by atoms with E-state index in [4.69, 9.17) is 11.6 Å². The maximum absolute atomic E-state index is 12.7. The van der Waals surface area contributed by atoms with Gasteiger partial charge in [0.1, 0.15) is 0 Å². The van der Waals surface area contributed by atoms with E-state index in [-0.39, 0.29) is 5.91 Å². The van der Waals surface area contributed by atoms with Crippen molar-refractivity contribution in [2.24, 2.45) is 0 Å². The van der Waals surface area contributed by atoms with Crippen molar-refractivity contribution in [1.29, 1.82) is 0 Å². The van der Waals surface area contributed by atoms with Gasteiger partial charge in [0.25, 0.3) is 0 Å². The number of benzene rings is 1. The summed E-state index contributed by atoms with van der Waals surface area (Å²) in [5.41, 5.74) is 5.76. The van der Waals surface area contributed by atoms with Crippen LogP contribution in [0.2, 0.25) is 5.02 Å². The first kappa shape index (κ1) is 21.1. The molecule has 31 heavy (non-hydrogen) atoms. The molecular weight excluding hydrogens is 412 g/mol. The topological polar surface area (TPSA) is 68.3 Å². The Hall–Kier alpha value is -3.19. The Morgan fingerprint density at radius 2 is 1.94 bits per heavy atom. The van der Waals surface area contributed by atoms with Crippen LogP contribution in [0, 0.1) is 20.8 Å². The predicted octanol–water partition coefficient (Wildman–Crippen LogP) is 4.08. The number of hydrogen-bond acceptors (Lipinski definition) is 4. The second-order valence-corrected chi connectivity index (χ2v) is 8.24. The molecule has 7 nitrogen and oxygen atoms in total. The van der Waals surface area contributed by atoms with Crippen molar-refractivity contribution in [3.8, 4) is 5.82 Å². The number of imidazole rings is 1. The second-order valence-electron chi connectivity index (χ2n) is 7.80. The van der Waals surface area contributed by atoms with Gasteiger partial charge in [-0.3, -0.25) is 4.79 Å². The summed E-state index contributed by atoms with van der Waals surface area (Å²) in [4.78, 5) is 18.8. The number of halogens is 1. The number of aryl methyl sites for hydroxylation is 2. The predicted molar refractivity (Wildman–Crippen MR) is 121 cm³/mol. The molecule has 0 aliphatic rings. The second kappa shape index (κ2) is 8.51. The average molecular weight is 437 g/mol. The van der Waals surface area contributed by atoms with Crippen molar-refractivity contribution in [3.63, 3.8) is 0 Å². The molecule has 4 rings (SSSR count). The van der Waals surface area contributed by atoms with Crippen molar-refractivity contribution >= 4 is 23.2 Å². The molecule has 0 saturated heterocycles. The lowest BCUT2D eigenvalue weighted by molar-refractivity contribution is -0.130. The molecule has 1 aromatic carbocycles. The van der Waals surface area contributed by atoms with Crippen LogP contribution in [-0.4, -0.2) is 42.2 Å². The third-order valence-corrected chi connectivity index (χ3v) is 5.74. The van der Waals surface area contributed by atoms with Crippen LogP contribution in [0.3, 0.4) is 0 Å². The van der Waals surface area contributed by atoms with Gasteiger partial charge >= 0.3 is 0 Å². The van der Waals surface area contributed by atoms with Crippen molar-refractivity contribution < 1.29 is 4.79 Å². The van der Waals surface area contributed by atoms with Gasteiger partial charge in [0.2, 0.25) is 5.91 Å². The monoisotopic (exact) mass is 436 g/mol. The van der Waals surface area contributed by atoms with E-state index in [0.717, 1.165) is 39.7 Å². The number of nitrogens with zero attached hydrogens (tertiary/aromatic N) is 6. The van der Waals surface area contributed by atoms with E-state index in [1.165, 1.54) is 0 Å².